The quantitative estimate of drug-likeness (QED) is 0.633. The lowest BCUT2D eigenvalue weighted by Crippen LogP contribution is -2.48. The normalized spacial score (nSPS) is 20.0. The summed E-state index contributed by atoms with van der Waals surface area (Å²) in [4.78, 5) is 24.6. The SMILES string of the molecule is CC(O)C1CCCCN1CC(=O)Nc1ccc(Cl)cc1[N+](=O)[O-]. The van der Waals surface area contributed by atoms with Crippen LogP contribution in [0, 0.1) is 10.1 Å². The molecule has 0 aliphatic carbocycles. The van der Waals surface area contributed by atoms with Crippen LogP contribution in [0.1, 0.15) is 26.2 Å². The zero-order valence-corrected chi connectivity index (χ0v) is 13.6. The highest BCUT2D eigenvalue weighted by Gasteiger charge is 2.28. The van der Waals surface area contributed by atoms with Crippen molar-refractivity contribution in [1.82, 2.24) is 4.90 Å². The second kappa shape index (κ2) is 7.72. The molecule has 0 radical (unpaired) electrons. The zero-order chi connectivity index (χ0) is 17.0. The smallest absolute Gasteiger partial charge is 0.294 e. The fourth-order valence-corrected chi connectivity index (χ4v) is 3.06. The molecule has 0 spiro atoms. The van der Waals surface area contributed by atoms with Gasteiger partial charge in [0, 0.05) is 17.1 Å². The average Bonchev–Trinajstić information content (AvgIpc) is 2.49. The number of anilines is 1. The molecule has 23 heavy (non-hydrogen) atoms. The summed E-state index contributed by atoms with van der Waals surface area (Å²) < 4.78 is 0. The number of aliphatic hydroxyl groups excluding tert-OH is 1. The zero-order valence-electron chi connectivity index (χ0n) is 12.9. The molecule has 2 N–H and O–H groups in total. The Hall–Kier alpha value is -1.70. The van der Waals surface area contributed by atoms with Gasteiger partial charge in [-0.1, -0.05) is 18.0 Å². The number of nitro groups is 1. The Kier molecular flexibility index (Phi) is 5.92. The summed E-state index contributed by atoms with van der Waals surface area (Å²) in [6.45, 7) is 2.53. The van der Waals surface area contributed by atoms with Gasteiger partial charge in [0.15, 0.2) is 0 Å². The van der Waals surface area contributed by atoms with Crippen molar-refractivity contribution in [2.75, 3.05) is 18.4 Å². The van der Waals surface area contributed by atoms with Crippen molar-refractivity contribution in [3.63, 3.8) is 0 Å². The van der Waals surface area contributed by atoms with Gasteiger partial charge in [0.05, 0.1) is 17.6 Å². The Balaban J connectivity index is 2.06. The van der Waals surface area contributed by atoms with Crippen molar-refractivity contribution in [2.45, 2.75) is 38.3 Å². The summed E-state index contributed by atoms with van der Waals surface area (Å²) >= 11 is 5.75. The molecular formula is C15H20ClN3O4. The van der Waals surface area contributed by atoms with Crippen molar-refractivity contribution in [1.29, 1.82) is 0 Å². The second-order valence-corrected chi connectivity index (χ2v) is 6.18. The molecule has 1 heterocycles. The van der Waals surface area contributed by atoms with Crippen LogP contribution in [-0.2, 0) is 4.79 Å². The Morgan fingerprint density at radius 3 is 2.96 bits per heavy atom. The van der Waals surface area contributed by atoms with E-state index < -0.39 is 11.0 Å². The van der Waals surface area contributed by atoms with Crippen LogP contribution < -0.4 is 5.32 Å². The molecule has 1 aliphatic heterocycles. The number of amides is 1. The van der Waals surface area contributed by atoms with Gasteiger partial charge in [0.25, 0.3) is 5.69 Å². The summed E-state index contributed by atoms with van der Waals surface area (Å²) in [6.07, 6.45) is 2.31. The first kappa shape index (κ1) is 17.7. The van der Waals surface area contributed by atoms with E-state index in [0.717, 1.165) is 25.8 Å². The van der Waals surface area contributed by atoms with Crippen molar-refractivity contribution in [3.05, 3.63) is 33.3 Å². The molecule has 2 atom stereocenters. The maximum atomic E-state index is 12.2. The molecule has 0 aromatic heterocycles. The molecule has 8 heteroatoms. The van der Waals surface area contributed by atoms with E-state index in [4.69, 9.17) is 11.6 Å². The highest BCUT2D eigenvalue weighted by atomic mass is 35.5. The van der Waals surface area contributed by atoms with Gasteiger partial charge in [0.1, 0.15) is 5.69 Å². The molecule has 2 unspecified atom stereocenters. The third-order valence-corrected chi connectivity index (χ3v) is 4.23. The Bertz CT molecular complexity index is 594. The van der Waals surface area contributed by atoms with E-state index in [0.29, 0.717) is 0 Å². The van der Waals surface area contributed by atoms with Crippen LogP contribution in [0.25, 0.3) is 0 Å². The number of carbonyl (C=O) groups excluding carboxylic acids is 1. The lowest BCUT2D eigenvalue weighted by molar-refractivity contribution is -0.383. The summed E-state index contributed by atoms with van der Waals surface area (Å²) in [5, 5.41) is 23.7. The van der Waals surface area contributed by atoms with Crippen molar-refractivity contribution >= 4 is 28.9 Å². The summed E-state index contributed by atoms with van der Waals surface area (Å²) in [5.74, 6) is -0.344. The number of carbonyl (C=O) groups is 1. The van der Waals surface area contributed by atoms with Crippen LogP contribution in [0.5, 0.6) is 0 Å². The number of nitrogens with zero attached hydrogens (tertiary/aromatic N) is 2. The Labute approximate surface area is 139 Å². The van der Waals surface area contributed by atoms with Gasteiger partial charge < -0.3 is 10.4 Å². The lowest BCUT2D eigenvalue weighted by Gasteiger charge is -2.36. The number of nitrogens with one attached hydrogen (secondary N) is 1. The Morgan fingerprint density at radius 1 is 1.57 bits per heavy atom. The highest BCUT2D eigenvalue weighted by Crippen LogP contribution is 2.28. The van der Waals surface area contributed by atoms with E-state index in [-0.39, 0.29) is 34.9 Å². The van der Waals surface area contributed by atoms with Crippen LogP contribution in [0.15, 0.2) is 18.2 Å². The number of nitro benzene ring substituents is 1. The van der Waals surface area contributed by atoms with Gasteiger partial charge in [-0.15, -0.1) is 0 Å². The number of halogens is 1. The predicted molar refractivity (Wildman–Crippen MR) is 87.6 cm³/mol. The second-order valence-electron chi connectivity index (χ2n) is 5.74. The lowest BCUT2D eigenvalue weighted by atomic mass is 9.98. The van der Waals surface area contributed by atoms with Crippen LogP contribution in [0.3, 0.4) is 0 Å². The minimum atomic E-state index is -0.582. The summed E-state index contributed by atoms with van der Waals surface area (Å²) in [5.41, 5.74) is -0.119. The first-order valence-electron chi connectivity index (χ1n) is 7.54. The number of hydrogen-bond acceptors (Lipinski definition) is 5. The van der Waals surface area contributed by atoms with E-state index in [1.165, 1.54) is 18.2 Å². The molecular weight excluding hydrogens is 322 g/mol. The predicted octanol–water partition coefficient (Wildman–Crippen LogP) is 2.42. The van der Waals surface area contributed by atoms with Gasteiger partial charge in [-0.2, -0.15) is 0 Å². The van der Waals surface area contributed by atoms with Gasteiger partial charge >= 0.3 is 0 Å². The molecule has 1 aliphatic rings. The number of rotatable bonds is 5. The molecule has 0 saturated carbocycles. The third-order valence-electron chi connectivity index (χ3n) is 4.00. The standard InChI is InChI=1S/C15H20ClN3O4/c1-10(20)13-4-2-3-7-18(13)9-15(21)17-12-6-5-11(16)8-14(12)19(22)23/h5-6,8,10,13,20H,2-4,7,9H2,1H3,(H,17,21). The van der Waals surface area contributed by atoms with Crippen molar-refractivity contribution in [3.8, 4) is 0 Å². The van der Waals surface area contributed by atoms with Gasteiger partial charge in [0.2, 0.25) is 5.91 Å². The number of piperidine rings is 1. The van der Waals surface area contributed by atoms with Crippen LogP contribution >= 0.6 is 11.6 Å². The van der Waals surface area contributed by atoms with E-state index >= 15 is 0 Å². The minimum absolute atomic E-state index is 0.0605. The number of aliphatic hydroxyl groups is 1. The maximum absolute atomic E-state index is 12.2. The number of benzene rings is 1. The molecule has 126 valence electrons. The van der Waals surface area contributed by atoms with Crippen molar-refractivity contribution < 1.29 is 14.8 Å². The molecule has 1 amide bonds. The van der Waals surface area contributed by atoms with Crippen LogP contribution in [0.2, 0.25) is 5.02 Å². The fraction of sp³-hybridized carbons (Fsp3) is 0.533. The Morgan fingerprint density at radius 2 is 2.30 bits per heavy atom. The van der Waals surface area contributed by atoms with Crippen LogP contribution in [0.4, 0.5) is 11.4 Å². The maximum Gasteiger partial charge on any atom is 0.294 e. The van der Waals surface area contributed by atoms with E-state index in [2.05, 4.69) is 5.32 Å². The molecule has 2 rings (SSSR count). The molecule has 7 nitrogen and oxygen atoms in total. The largest absolute Gasteiger partial charge is 0.392 e. The molecule has 1 fully saturated rings. The average molecular weight is 342 g/mol. The topological polar surface area (TPSA) is 95.7 Å². The molecule has 1 aromatic rings. The van der Waals surface area contributed by atoms with E-state index in [9.17, 15) is 20.0 Å². The monoisotopic (exact) mass is 341 g/mol. The summed E-state index contributed by atoms with van der Waals surface area (Å²) in [7, 11) is 0. The third kappa shape index (κ3) is 4.63. The number of hydrogen-bond donors (Lipinski definition) is 2. The van der Waals surface area contributed by atoms with Gasteiger partial charge in [-0.3, -0.25) is 19.8 Å². The summed E-state index contributed by atoms with van der Waals surface area (Å²) in [6, 6.07) is 4.05. The first-order valence-corrected chi connectivity index (χ1v) is 7.92. The molecule has 1 aromatic carbocycles. The van der Waals surface area contributed by atoms with Crippen LogP contribution in [-0.4, -0.2) is 46.1 Å². The van der Waals surface area contributed by atoms with E-state index in [1.54, 1.807) is 6.92 Å². The fourth-order valence-electron chi connectivity index (χ4n) is 2.90. The van der Waals surface area contributed by atoms with Gasteiger partial charge in [-0.05, 0) is 38.4 Å². The van der Waals surface area contributed by atoms with Gasteiger partial charge in [-0.25, -0.2) is 0 Å². The molecule has 0 bridgehead atoms. The molecule has 1 saturated heterocycles. The first-order chi connectivity index (χ1) is 10.9. The van der Waals surface area contributed by atoms with Crippen molar-refractivity contribution in [2.24, 2.45) is 0 Å². The minimum Gasteiger partial charge on any atom is -0.392 e. The number of likely N-dealkylation sites (tertiary alicyclic amines) is 1. The van der Waals surface area contributed by atoms with E-state index in [1.807, 2.05) is 4.90 Å². The highest BCUT2D eigenvalue weighted by molar-refractivity contribution is 6.31.